The topological polar surface area (TPSA) is 66.1 Å². The van der Waals surface area contributed by atoms with Gasteiger partial charge in [-0.1, -0.05) is 0 Å². The molecule has 158 valence electrons. The molecule has 0 saturated carbocycles. The standard InChI is InChI=1S/C25H18ClN3O2Se/c26-18-8-12-20(13-9-18)32-24-23-27-21(14-16-4-2-1-3-5-16)25(31)29(23)15-22(28-24)17-6-10-19(30)11-7-17/h1-13,15,21,30H,14H2/p+1. The van der Waals surface area contributed by atoms with Crippen molar-refractivity contribution in [2.45, 2.75) is 12.5 Å². The number of hydrogen-bond donors (Lipinski definition) is 2. The molecule has 0 aliphatic carbocycles. The number of fused-ring (bicyclic) bond motifs is 1. The number of rotatable bonds is 5. The van der Waals surface area contributed by atoms with Gasteiger partial charge in [-0.3, -0.25) is 0 Å². The van der Waals surface area contributed by atoms with Crippen molar-refractivity contribution < 1.29 is 14.5 Å². The van der Waals surface area contributed by atoms with Crippen molar-refractivity contribution in [2.24, 2.45) is 0 Å². The molecule has 0 bridgehead atoms. The second-order valence-electron chi connectivity index (χ2n) is 7.48. The SMILES string of the molecule is O=C1C(Cc2ccccc2)Nc2c([Se]c3ccc(Cl)cc3)nc(-c3ccc(O)cc3)c[n+]21. The average molecular weight is 508 g/mol. The minimum atomic E-state index is -0.353. The van der Waals surface area contributed by atoms with Crippen LogP contribution in [0.15, 0.2) is 85.1 Å². The second kappa shape index (κ2) is 8.75. The number of phenolic OH excluding ortho intramolecular Hbond substituents is 1. The summed E-state index contributed by atoms with van der Waals surface area (Å²) >= 11 is 5.92. The summed E-state index contributed by atoms with van der Waals surface area (Å²) in [6, 6.07) is 24.2. The van der Waals surface area contributed by atoms with E-state index in [1.807, 2.05) is 54.6 Å². The number of aromatic nitrogens is 2. The molecule has 1 atom stereocenters. The summed E-state index contributed by atoms with van der Waals surface area (Å²) in [6.07, 6.45) is 2.38. The van der Waals surface area contributed by atoms with Gasteiger partial charge in [-0.05, 0) is 0 Å². The summed E-state index contributed by atoms with van der Waals surface area (Å²) in [6.45, 7) is 0. The number of halogens is 1. The van der Waals surface area contributed by atoms with Crippen LogP contribution >= 0.6 is 11.6 Å². The van der Waals surface area contributed by atoms with E-state index in [1.165, 1.54) is 0 Å². The van der Waals surface area contributed by atoms with Gasteiger partial charge in [0.2, 0.25) is 0 Å². The number of carbonyl (C=O) groups excluding carboxylic acids is 1. The molecule has 0 fully saturated rings. The summed E-state index contributed by atoms with van der Waals surface area (Å²) in [5, 5.41) is 13.8. The fourth-order valence-electron chi connectivity index (χ4n) is 3.63. The van der Waals surface area contributed by atoms with Crippen molar-refractivity contribution in [1.82, 2.24) is 4.98 Å². The van der Waals surface area contributed by atoms with E-state index in [0.29, 0.717) is 17.1 Å². The number of carbonyl (C=O) groups is 1. The summed E-state index contributed by atoms with van der Waals surface area (Å²) < 4.78 is 3.64. The van der Waals surface area contributed by atoms with Crippen LogP contribution < -0.4 is 18.9 Å². The zero-order valence-corrected chi connectivity index (χ0v) is 19.4. The first-order chi connectivity index (χ1) is 15.6. The van der Waals surface area contributed by atoms with Crippen molar-refractivity contribution >= 4 is 47.3 Å². The van der Waals surface area contributed by atoms with Crippen LogP contribution in [0.3, 0.4) is 0 Å². The van der Waals surface area contributed by atoms with Gasteiger partial charge in [0, 0.05) is 0 Å². The first-order valence-corrected chi connectivity index (χ1v) is 12.2. The van der Waals surface area contributed by atoms with Gasteiger partial charge in [0.05, 0.1) is 0 Å². The molecule has 1 aromatic heterocycles. The molecule has 5 rings (SSSR count). The number of aromatic hydroxyl groups is 1. The zero-order chi connectivity index (χ0) is 22.1. The Morgan fingerprint density at radius 3 is 2.44 bits per heavy atom. The van der Waals surface area contributed by atoms with Gasteiger partial charge in [0.25, 0.3) is 0 Å². The van der Waals surface area contributed by atoms with Gasteiger partial charge in [-0.15, -0.1) is 0 Å². The maximum atomic E-state index is 13.3. The van der Waals surface area contributed by atoms with Gasteiger partial charge in [-0.2, -0.15) is 0 Å². The summed E-state index contributed by atoms with van der Waals surface area (Å²) in [5.41, 5.74) is 2.63. The fraction of sp³-hybridized carbons (Fsp3) is 0.0800. The third-order valence-electron chi connectivity index (χ3n) is 5.24. The van der Waals surface area contributed by atoms with Crippen molar-refractivity contribution in [3.63, 3.8) is 0 Å². The van der Waals surface area contributed by atoms with Crippen molar-refractivity contribution in [1.29, 1.82) is 0 Å². The normalized spacial score (nSPS) is 14.8. The average Bonchev–Trinajstić information content (AvgIpc) is 3.12. The van der Waals surface area contributed by atoms with E-state index < -0.39 is 0 Å². The van der Waals surface area contributed by atoms with Crippen LogP contribution in [0.25, 0.3) is 11.3 Å². The molecule has 5 nitrogen and oxygen atoms in total. The van der Waals surface area contributed by atoms with Crippen molar-refractivity contribution in [3.8, 4) is 17.0 Å². The summed E-state index contributed by atoms with van der Waals surface area (Å²) in [5.74, 6) is 0.932. The molecular formula is C25H19ClN3O2Se+. The van der Waals surface area contributed by atoms with E-state index in [1.54, 1.807) is 35.0 Å². The summed E-state index contributed by atoms with van der Waals surface area (Å²) in [4.78, 5) is 18.2. The molecule has 0 amide bonds. The van der Waals surface area contributed by atoms with E-state index in [0.717, 1.165) is 26.0 Å². The number of nitrogens with zero attached hydrogens (tertiary/aromatic N) is 2. The third-order valence-corrected chi connectivity index (χ3v) is 7.56. The Labute approximate surface area is 196 Å². The molecule has 2 N–H and O–H groups in total. The van der Waals surface area contributed by atoms with E-state index in [9.17, 15) is 9.90 Å². The van der Waals surface area contributed by atoms with Crippen LogP contribution in [-0.2, 0) is 6.42 Å². The molecule has 7 heteroatoms. The number of nitrogens with one attached hydrogen (secondary N) is 1. The molecule has 1 unspecified atom stereocenters. The van der Waals surface area contributed by atoms with Gasteiger partial charge >= 0.3 is 197 Å². The Morgan fingerprint density at radius 2 is 1.72 bits per heavy atom. The number of hydrogen-bond acceptors (Lipinski definition) is 4. The van der Waals surface area contributed by atoms with Crippen molar-refractivity contribution in [3.05, 3.63) is 95.6 Å². The Kier molecular flexibility index (Phi) is 5.66. The number of benzene rings is 3. The van der Waals surface area contributed by atoms with Crippen molar-refractivity contribution in [2.75, 3.05) is 5.32 Å². The Morgan fingerprint density at radius 1 is 1.00 bits per heavy atom. The zero-order valence-electron chi connectivity index (χ0n) is 16.9. The van der Waals surface area contributed by atoms with Gasteiger partial charge in [0.15, 0.2) is 0 Å². The van der Waals surface area contributed by atoms with Crippen LogP contribution in [-0.4, -0.2) is 37.0 Å². The summed E-state index contributed by atoms with van der Waals surface area (Å²) in [7, 11) is 0. The molecule has 1 aliphatic rings. The maximum absolute atomic E-state index is 13.3. The molecule has 0 radical (unpaired) electrons. The van der Waals surface area contributed by atoms with Crippen LogP contribution in [0, 0.1) is 0 Å². The van der Waals surface area contributed by atoms with Gasteiger partial charge in [0.1, 0.15) is 0 Å². The fourth-order valence-corrected chi connectivity index (χ4v) is 5.63. The van der Waals surface area contributed by atoms with Crippen LogP contribution in [0.2, 0.25) is 5.02 Å². The molecule has 32 heavy (non-hydrogen) atoms. The van der Waals surface area contributed by atoms with E-state index >= 15 is 0 Å². The molecule has 2 heterocycles. The predicted octanol–water partition coefficient (Wildman–Crippen LogP) is 2.73. The van der Waals surface area contributed by atoms with Crippen LogP contribution in [0.1, 0.15) is 10.4 Å². The molecule has 0 saturated heterocycles. The minimum absolute atomic E-state index is 0.000521. The molecule has 1 aliphatic heterocycles. The molecule has 3 aromatic carbocycles. The number of phenols is 1. The quantitative estimate of drug-likeness (QED) is 0.322. The van der Waals surface area contributed by atoms with Gasteiger partial charge in [-0.25, -0.2) is 0 Å². The Balaban J connectivity index is 1.55. The second-order valence-corrected chi connectivity index (χ2v) is 10.1. The predicted molar refractivity (Wildman–Crippen MR) is 126 cm³/mol. The molecule has 0 spiro atoms. The van der Waals surface area contributed by atoms with Crippen LogP contribution in [0.5, 0.6) is 5.75 Å². The van der Waals surface area contributed by atoms with E-state index in [4.69, 9.17) is 16.6 Å². The van der Waals surface area contributed by atoms with Gasteiger partial charge < -0.3 is 0 Å². The first-order valence-electron chi connectivity index (χ1n) is 10.1. The van der Waals surface area contributed by atoms with Crippen LogP contribution in [0.4, 0.5) is 5.82 Å². The van der Waals surface area contributed by atoms with E-state index in [2.05, 4.69) is 5.32 Å². The Hall–Kier alpha value is -3.18. The molecule has 4 aromatic rings. The third kappa shape index (κ3) is 4.26. The Bertz CT molecular complexity index is 1280. The first kappa shape index (κ1) is 20.7. The number of anilines is 1. The van der Waals surface area contributed by atoms with E-state index in [-0.39, 0.29) is 32.7 Å². The monoisotopic (exact) mass is 508 g/mol. The molecular weight excluding hydrogens is 489 g/mol.